The molecule has 2 aromatic heterocycles. The molecule has 32 heavy (non-hydrogen) atoms. The molecule has 1 aliphatic rings. The molecule has 1 unspecified atom stereocenters. The molecule has 0 fully saturated rings. The van der Waals surface area contributed by atoms with Crippen LogP contribution in [0.3, 0.4) is 0 Å². The molecule has 0 saturated heterocycles. The molecule has 7 heteroatoms. The van der Waals surface area contributed by atoms with E-state index in [-0.39, 0.29) is 5.91 Å². The zero-order valence-electron chi connectivity index (χ0n) is 17.5. The monoisotopic (exact) mass is 443 g/mol. The van der Waals surface area contributed by atoms with E-state index in [1.54, 1.807) is 35.4 Å². The number of aromatic nitrogens is 2. The molecule has 0 aliphatic carbocycles. The van der Waals surface area contributed by atoms with Crippen LogP contribution in [0.15, 0.2) is 78.3 Å². The summed E-state index contributed by atoms with van der Waals surface area (Å²) in [5, 5.41) is 6.80. The molecule has 0 radical (unpaired) electrons. The Labute approximate surface area is 189 Å². The van der Waals surface area contributed by atoms with Gasteiger partial charge in [0.15, 0.2) is 6.10 Å². The Morgan fingerprint density at radius 3 is 2.69 bits per heavy atom. The third-order valence-corrected chi connectivity index (χ3v) is 6.39. The van der Waals surface area contributed by atoms with Gasteiger partial charge in [0.2, 0.25) is 0 Å². The highest BCUT2D eigenvalue weighted by atomic mass is 32.1. The van der Waals surface area contributed by atoms with Gasteiger partial charge in [-0.1, -0.05) is 42.5 Å². The summed E-state index contributed by atoms with van der Waals surface area (Å²) in [6, 6.07) is 21.1. The quantitative estimate of drug-likeness (QED) is 0.431. The van der Waals surface area contributed by atoms with E-state index in [1.807, 2.05) is 70.9 Å². The van der Waals surface area contributed by atoms with Gasteiger partial charge >= 0.3 is 5.97 Å². The number of thiophene rings is 1. The number of hydrogen-bond donors (Lipinski definition) is 0. The fourth-order valence-electron chi connectivity index (χ4n) is 3.91. The number of fused-ring (bicyclic) bond motifs is 1. The highest BCUT2D eigenvalue weighted by Gasteiger charge is 2.33. The minimum atomic E-state index is -0.822. The van der Waals surface area contributed by atoms with E-state index in [1.165, 1.54) is 0 Å². The summed E-state index contributed by atoms with van der Waals surface area (Å²) in [4.78, 5) is 28.1. The van der Waals surface area contributed by atoms with Crippen molar-refractivity contribution in [2.75, 3.05) is 7.05 Å². The molecule has 3 heterocycles. The van der Waals surface area contributed by atoms with Gasteiger partial charge in [-0.05, 0) is 35.2 Å². The maximum atomic E-state index is 13.2. The molecular formula is C25H21N3O3S. The van der Waals surface area contributed by atoms with Crippen molar-refractivity contribution in [1.29, 1.82) is 0 Å². The zero-order chi connectivity index (χ0) is 22.1. The Kier molecular flexibility index (Phi) is 5.33. The Hall–Kier alpha value is -3.71. The topological polar surface area (TPSA) is 64.4 Å². The number of amides is 1. The van der Waals surface area contributed by atoms with E-state index in [4.69, 9.17) is 9.84 Å². The molecule has 5 rings (SSSR count). The summed E-state index contributed by atoms with van der Waals surface area (Å²) in [7, 11) is 1.73. The highest BCUT2D eigenvalue weighted by Crippen LogP contribution is 2.29. The van der Waals surface area contributed by atoms with Crippen molar-refractivity contribution in [2.24, 2.45) is 0 Å². The number of carbonyl (C=O) groups excluding carboxylic acids is 2. The molecule has 0 N–H and O–H groups in total. The lowest BCUT2D eigenvalue weighted by molar-refractivity contribution is -0.140. The first-order valence-electron chi connectivity index (χ1n) is 10.3. The third-order valence-electron chi connectivity index (χ3n) is 5.52. The van der Waals surface area contributed by atoms with E-state index in [0.29, 0.717) is 18.5 Å². The number of rotatable bonds is 5. The van der Waals surface area contributed by atoms with Gasteiger partial charge in [-0.15, -0.1) is 11.3 Å². The minimum Gasteiger partial charge on any atom is -0.448 e. The summed E-state index contributed by atoms with van der Waals surface area (Å²) in [5.41, 5.74) is 4.09. The first-order chi connectivity index (χ1) is 15.6. The summed E-state index contributed by atoms with van der Waals surface area (Å²) >= 11 is 1.61. The molecule has 160 valence electrons. The van der Waals surface area contributed by atoms with Crippen LogP contribution in [0, 0.1) is 0 Å². The van der Waals surface area contributed by atoms with Gasteiger partial charge in [-0.3, -0.25) is 4.79 Å². The average Bonchev–Trinajstić information content (AvgIpc) is 3.49. The first-order valence-corrected chi connectivity index (χ1v) is 11.2. The molecule has 0 saturated carbocycles. The van der Waals surface area contributed by atoms with Crippen LogP contribution in [0.4, 0.5) is 0 Å². The second kappa shape index (κ2) is 8.43. The predicted molar refractivity (Wildman–Crippen MR) is 123 cm³/mol. The van der Waals surface area contributed by atoms with Crippen LogP contribution in [-0.4, -0.2) is 39.7 Å². The molecule has 0 spiro atoms. The van der Waals surface area contributed by atoms with Crippen LogP contribution < -0.4 is 0 Å². The van der Waals surface area contributed by atoms with Gasteiger partial charge in [0.05, 0.1) is 16.1 Å². The molecule has 1 atom stereocenters. The van der Waals surface area contributed by atoms with Crippen molar-refractivity contribution in [3.8, 4) is 16.3 Å². The lowest BCUT2D eigenvalue weighted by atomic mass is 9.98. The third kappa shape index (κ3) is 3.83. The normalized spacial score (nSPS) is 15.2. The van der Waals surface area contributed by atoms with Gasteiger partial charge < -0.3 is 9.64 Å². The molecular weight excluding hydrogens is 422 g/mol. The van der Waals surface area contributed by atoms with E-state index < -0.39 is 12.1 Å². The van der Waals surface area contributed by atoms with Crippen LogP contribution in [0.25, 0.3) is 16.3 Å². The van der Waals surface area contributed by atoms with Crippen molar-refractivity contribution < 1.29 is 14.3 Å². The standard InChI is InChI=1S/C25H21N3O3S/c1-27(24(29)21-14-17-8-5-6-11-20(17)25(30)31-21)15-18-16-28(19-9-3-2-4-10-19)26-23(18)22-12-7-13-32-22/h2-13,16,21H,14-15H2,1H3. The summed E-state index contributed by atoms with van der Waals surface area (Å²) in [6.07, 6.45) is 1.51. The van der Waals surface area contributed by atoms with Gasteiger partial charge in [0.1, 0.15) is 5.69 Å². The van der Waals surface area contributed by atoms with Crippen LogP contribution in [0.2, 0.25) is 0 Å². The molecule has 1 amide bonds. The second-order valence-corrected chi connectivity index (χ2v) is 8.66. The fraction of sp³-hybridized carbons (Fsp3) is 0.160. The summed E-state index contributed by atoms with van der Waals surface area (Å²) in [5.74, 6) is -0.674. The number of nitrogens with zero attached hydrogens (tertiary/aromatic N) is 3. The summed E-state index contributed by atoms with van der Waals surface area (Å²) in [6.45, 7) is 0.356. The molecule has 6 nitrogen and oxygen atoms in total. The number of para-hydroxylation sites is 1. The first kappa shape index (κ1) is 20.2. The van der Waals surface area contributed by atoms with Crippen LogP contribution >= 0.6 is 11.3 Å². The molecule has 4 aromatic rings. The maximum absolute atomic E-state index is 13.2. The Balaban J connectivity index is 1.40. The number of benzene rings is 2. The highest BCUT2D eigenvalue weighted by molar-refractivity contribution is 7.13. The van der Waals surface area contributed by atoms with Gasteiger partial charge in [0, 0.05) is 31.8 Å². The Bertz CT molecular complexity index is 1260. The number of ether oxygens (including phenoxy) is 1. The lowest BCUT2D eigenvalue weighted by Crippen LogP contribution is -2.42. The molecule has 0 bridgehead atoms. The second-order valence-electron chi connectivity index (χ2n) is 7.71. The Morgan fingerprint density at radius 2 is 1.91 bits per heavy atom. The maximum Gasteiger partial charge on any atom is 0.339 e. The van der Waals surface area contributed by atoms with Gasteiger partial charge in [-0.2, -0.15) is 5.10 Å². The van der Waals surface area contributed by atoms with Gasteiger partial charge in [-0.25, -0.2) is 9.48 Å². The molecule has 2 aromatic carbocycles. The predicted octanol–water partition coefficient (Wildman–Crippen LogP) is 4.34. The zero-order valence-corrected chi connectivity index (χ0v) is 18.3. The lowest BCUT2D eigenvalue weighted by Gasteiger charge is -2.27. The Morgan fingerprint density at radius 1 is 1.12 bits per heavy atom. The number of hydrogen-bond acceptors (Lipinski definition) is 5. The van der Waals surface area contributed by atoms with Crippen LogP contribution in [-0.2, 0) is 22.5 Å². The van der Waals surface area contributed by atoms with Crippen molar-refractivity contribution in [1.82, 2.24) is 14.7 Å². The van der Waals surface area contributed by atoms with Crippen molar-refractivity contribution in [3.63, 3.8) is 0 Å². The largest absolute Gasteiger partial charge is 0.448 e. The number of cyclic esters (lactones) is 1. The van der Waals surface area contributed by atoms with E-state index in [0.717, 1.165) is 27.4 Å². The van der Waals surface area contributed by atoms with Crippen LogP contribution in [0.5, 0.6) is 0 Å². The summed E-state index contributed by atoms with van der Waals surface area (Å²) < 4.78 is 7.29. The van der Waals surface area contributed by atoms with Crippen molar-refractivity contribution in [2.45, 2.75) is 19.1 Å². The number of esters is 1. The minimum absolute atomic E-state index is 0.225. The fourth-order valence-corrected chi connectivity index (χ4v) is 4.65. The number of likely N-dealkylation sites (N-methyl/N-ethyl adjacent to an activating group) is 1. The van der Waals surface area contributed by atoms with Crippen molar-refractivity contribution in [3.05, 3.63) is 95.0 Å². The molecule has 1 aliphatic heterocycles. The smallest absolute Gasteiger partial charge is 0.339 e. The van der Waals surface area contributed by atoms with Crippen molar-refractivity contribution >= 4 is 23.2 Å². The van der Waals surface area contributed by atoms with E-state index >= 15 is 0 Å². The van der Waals surface area contributed by atoms with Crippen LogP contribution in [0.1, 0.15) is 21.5 Å². The SMILES string of the molecule is CN(Cc1cn(-c2ccccc2)nc1-c1cccs1)C(=O)C1Cc2ccccc2C(=O)O1. The number of carbonyl (C=O) groups is 2. The van der Waals surface area contributed by atoms with Gasteiger partial charge in [0.25, 0.3) is 5.91 Å². The van der Waals surface area contributed by atoms with E-state index in [2.05, 4.69) is 0 Å². The van der Waals surface area contributed by atoms with E-state index in [9.17, 15) is 9.59 Å². The average molecular weight is 444 g/mol.